The topological polar surface area (TPSA) is 92.7 Å². The molecule has 118 valence electrons. The summed E-state index contributed by atoms with van der Waals surface area (Å²) in [5.74, 6) is -1.14. The van der Waals surface area contributed by atoms with Crippen molar-refractivity contribution in [3.8, 4) is 0 Å². The van der Waals surface area contributed by atoms with Gasteiger partial charge in [0.2, 0.25) is 10.0 Å². The van der Waals surface area contributed by atoms with Crippen molar-refractivity contribution in [3.05, 3.63) is 14.7 Å². The first-order valence-electron chi connectivity index (χ1n) is 6.54. The number of aromatic carboxylic acids is 1. The van der Waals surface area contributed by atoms with Crippen LogP contribution in [0.4, 0.5) is 0 Å². The molecule has 1 aromatic heterocycles. The maximum atomic E-state index is 12.2. The van der Waals surface area contributed by atoms with Gasteiger partial charge in [-0.3, -0.25) is 0 Å². The monoisotopic (exact) mass is 397 g/mol. The Balaban J connectivity index is 1.96. The molecule has 1 aliphatic heterocycles. The van der Waals surface area contributed by atoms with Crippen LogP contribution in [0.15, 0.2) is 14.7 Å². The molecule has 1 fully saturated rings. The SMILES string of the molecule is O=C(O)c1cc(S(=O)(=O)NCCC2CCCCO2)c(Br)s1. The molecule has 1 atom stereocenters. The van der Waals surface area contributed by atoms with E-state index in [1.54, 1.807) is 0 Å². The van der Waals surface area contributed by atoms with Gasteiger partial charge in [0.25, 0.3) is 0 Å². The van der Waals surface area contributed by atoms with Crippen LogP contribution in [0.2, 0.25) is 0 Å². The summed E-state index contributed by atoms with van der Waals surface area (Å²) in [5, 5.41) is 8.89. The molecule has 0 radical (unpaired) electrons. The van der Waals surface area contributed by atoms with Crippen LogP contribution in [-0.4, -0.2) is 38.7 Å². The Morgan fingerprint density at radius 2 is 2.29 bits per heavy atom. The van der Waals surface area contributed by atoms with Gasteiger partial charge < -0.3 is 9.84 Å². The molecule has 1 unspecified atom stereocenters. The molecule has 2 N–H and O–H groups in total. The van der Waals surface area contributed by atoms with Gasteiger partial charge in [0.15, 0.2) is 0 Å². The summed E-state index contributed by atoms with van der Waals surface area (Å²) in [7, 11) is -3.71. The third-order valence-corrected chi connectivity index (χ3v) is 6.89. The van der Waals surface area contributed by atoms with Crippen molar-refractivity contribution in [2.24, 2.45) is 0 Å². The number of carboxylic acid groups (broad SMARTS) is 1. The van der Waals surface area contributed by atoms with E-state index >= 15 is 0 Å². The van der Waals surface area contributed by atoms with Crippen LogP contribution in [0.3, 0.4) is 0 Å². The third-order valence-electron chi connectivity index (χ3n) is 3.19. The molecule has 0 saturated carbocycles. The highest BCUT2D eigenvalue weighted by Crippen LogP contribution is 2.31. The minimum absolute atomic E-state index is 0.0159. The lowest BCUT2D eigenvalue weighted by molar-refractivity contribution is 0.0123. The van der Waals surface area contributed by atoms with Crippen molar-refractivity contribution >= 4 is 43.3 Å². The summed E-state index contributed by atoms with van der Waals surface area (Å²) in [5.41, 5.74) is 0. The van der Waals surface area contributed by atoms with Gasteiger partial charge >= 0.3 is 5.97 Å². The van der Waals surface area contributed by atoms with E-state index in [2.05, 4.69) is 20.7 Å². The fourth-order valence-electron chi connectivity index (χ4n) is 2.11. The Labute approximate surface area is 135 Å². The van der Waals surface area contributed by atoms with Crippen LogP contribution in [0.5, 0.6) is 0 Å². The number of thiophene rings is 1. The molecule has 1 aromatic rings. The van der Waals surface area contributed by atoms with E-state index in [0.717, 1.165) is 43.3 Å². The van der Waals surface area contributed by atoms with Gasteiger partial charge in [0.05, 0.1) is 9.89 Å². The minimum atomic E-state index is -3.71. The third kappa shape index (κ3) is 4.49. The van der Waals surface area contributed by atoms with Crippen molar-refractivity contribution in [2.75, 3.05) is 13.2 Å². The second kappa shape index (κ2) is 7.19. The number of rotatable bonds is 6. The lowest BCUT2D eigenvalue weighted by Gasteiger charge is -2.22. The summed E-state index contributed by atoms with van der Waals surface area (Å²) < 4.78 is 32.6. The Hall–Kier alpha value is -0.480. The predicted molar refractivity (Wildman–Crippen MR) is 82.4 cm³/mol. The number of nitrogens with one attached hydrogen (secondary N) is 1. The highest BCUT2D eigenvalue weighted by atomic mass is 79.9. The van der Waals surface area contributed by atoms with Crippen molar-refractivity contribution in [1.29, 1.82) is 0 Å². The van der Waals surface area contributed by atoms with Crippen LogP contribution in [0, 0.1) is 0 Å². The van der Waals surface area contributed by atoms with E-state index in [9.17, 15) is 13.2 Å². The van der Waals surface area contributed by atoms with E-state index in [4.69, 9.17) is 9.84 Å². The first-order valence-corrected chi connectivity index (χ1v) is 9.63. The van der Waals surface area contributed by atoms with Gasteiger partial charge in [-0.05, 0) is 47.7 Å². The number of carbonyl (C=O) groups is 1. The van der Waals surface area contributed by atoms with Gasteiger partial charge in [-0.25, -0.2) is 17.9 Å². The Morgan fingerprint density at radius 1 is 1.52 bits per heavy atom. The second-order valence-electron chi connectivity index (χ2n) is 4.73. The van der Waals surface area contributed by atoms with Gasteiger partial charge in [-0.2, -0.15) is 0 Å². The van der Waals surface area contributed by atoms with Crippen LogP contribution in [-0.2, 0) is 14.8 Å². The van der Waals surface area contributed by atoms with Crippen molar-refractivity contribution in [2.45, 2.75) is 36.7 Å². The molecule has 6 nitrogen and oxygen atoms in total. The molecule has 2 heterocycles. The number of hydrogen-bond donors (Lipinski definition) is 2. The van der Waals surface area contributed by atoms with E-state index in [1.165, 1.54) is 0 Å². The molecule has 1 saturated heterocycles. The molecular weight excluding hydrogens is 382 g/mol. The normalized spacial score (nSPS) is 19.6. The number of ether oxygens (including phenoxy) is 1. The molecule has 2 rings (SSSR count). The molecule has 0 aliphatic carbocycles. The van der Waals surface area contributed by atoms with Gasteiger partial charge in [0, 0.05) is 13.2 Å². The largest absolute Gasteiger partial charge is 0.477 e. The minimum Gasteiger partial charge on any atom is -0.477 e. The van der Waals surface area contributed by atoms with Crippen molar-refractivity contribution < 1.29 is 23.1 Å². The van der Waals surface area contributed by atoms with Crippen molar-refractivity contribution in [3.63, 3.8) is 0 Å². The first kappa shape index (κ1) is 16.9. The smallest absolute Gasteiger partial charge is 0.345 e. The van der Waals surface area contributed by atoms with Crippen LogP contribution in [0.1, 0.15) is 35.4 Å². The number of hydrogen-bond acceptors (Lipinski definition) is 5. The Morgan fingerprint density at radius 3 is 2.86 bits per heavy atom. The van der Waals surface area contributed by atoms with Crippen LogP contribution >= 0.6 is 27.3 Å². The fraction of sp³-hybridized carbons (Fsp3) is 0.583. The second-order valence-corrected chi connectivity index (χ2v) is 8.83. The lowest BCUT2D eigenvalue weighted by Crippen LogP contribution is -2.29. The van der Waals surface area contributed by atoms with E-state index in [0.29, 0.717) is 10.2 Å². The summed E-state index contributed by atoms with van der Waals surface area (Å²) in [6.45, 7) is 1.01. The molecule has 9 heteroatoms. The quantitative estimate of drug-likeness (QED) is 0.768. The maximum absolute atomic E-state index is 12.2. The summed E-state index contributed by atoms with van der Waals surface area (Å²) in [4.78, 5) is 10.8. The van der Waals surface area contributed by atoms with Gasteiger partial charge in [-0.15, -0.1) is 11.3 Å². The van der Waals surface area contributed by atoms with Crippen LogP contribution in [0.25, 0.3) is 0 Å². The zero-order valence-electron chi connectivity index (χ0n) is 11.2. The van der Waals surface area contributed by atoms with Crippen LogP contribution < -0.4 is 4.72 Å². The standard InChI is InChI=1S/C12H16BrNO5S2/c13-11-10(7-9(20-11)12(15)16)21(17,18)14-5-4-8-3-1-2-6-19-8/h7-8,14H,1-6H2,(H,15,16). The van der Waals surface area contributed by atoms with Gasteiger partial charge in [0.1, 0.15) is 9.77 Å². The maximum Gasteiger partial charge on any atom is 0.345 e. The zero-order valence-corrected chi connectivity index (χ0v) is 14.4. The molecule has 0 spiro atoms. The highest BCUT2D eigenvalue weighted by Gasteiger charge is 2.23. The average Bonchev–Trinajstić information content (AvgIpc) is 2.83. The molecule has 0 amide bonds. The van der Waals surface area contributed by atoms with E-state index in [1.807, 2.05) is 0 Å². The first-order chi connectivity index (χ1) is 9.90. The number of carboxylic acids is 1. The molecule has 0 bridgehead atoms. The van der Waals surface area contributed by atoms with E-state index < -0.39 is 16.0 Å². The zero-order chi connectivity index (χ0) is 15.5. The average molecular weight is 398 g/mol. The molecule has 21 heavy (non-hydrogen) atoms. The van der Waals surface area contributed by atoms with E-state index in [-0.39, 0.29) is 22.4 Å². The molecule has 1 aliphatic rings. The highest BCUT2D eigenvalue weighted by molar-refractivity contribution is 9.11. The molecule has 0 aromatic carbocycles. The number of sulfonamides is 1. The molecular formula is C12H16BrNO5S2. The summed E-state index contributed by atoms with van der Waals surface area (Å²) >= 11 is 3.99. The predicted octanol–water partition coefficient (Wildman–Crippen LogP) is 2.45. The van der Waals surface area contributed by atoms with Gasteiger partial charge in [-0.1, -0.05) is 0 Å². The fourth-order valence-corrected chi connectivity index (χ4v) is 5.56. The van der Waals surface area contributed by atoms with Crippen molar-refractivity contribution in [1.82, 2.24) is 4.72 Å². The Kier molecular flexibility index (Phi) is 5.78. The number of halogens is 1. The summed E-state index contributed by atoms with van der Waals surface area (Å²) in [6, 6.07) is 1.16. The lowest BCUT2D eigenvalue weighted by atomic mass is 10.1. The Bertz CT molecular complexity index is 607. The summed E-state index contributed by atoms with van der Waals surface area (Å²) in [6.07, 6.45) is 3.83.